The average molecular weight is 245 g/mol. The third kappa shape index (κ3) is 3.50. The fourth-order valence-corrected chi connectivity index (χ4v) is 1.63. The normalized spacial score (nSPS) is 11.3. The maximum absolute atomic E-state index is 11.3. The molecule has 88 valence electrons. The first-order valence-corrected chi connectivity index (χ1v) is 6.47. The smallest absolute Gasteiger partial charge is 0.337 e. The minimum Gasteiger partial charge on any atom is -0.478 e. The second kappa shape index (κ2) is 4.48. The van der Waals surface area contributed by atoms with E-state index in [-0.39, 0.29) is 17.9 Å². The van der Waals surface area contributed by atoms with E-state index in [2.05, 4.69) is 0 Å². The molecule has 0 aromatic carbocycles. The Morgan fingerprint density at radius 2 is 2.06 bits per heavy atom. The summed E-state index contributed by atoms with van der Waals surface area (Å²) in [6.07, 6.45) is 2.19. The van der Waals surface area contributed by atoms with Gasteiger partial charge >= 0.3 is 5.97 Å². The number of aryl methyl sites for hydroxylation is 1. The summed E-state index contributed by atoms with van der Waals surface area (Å²) in [6, 6.07) is 2.29. The molecule has 0 saturated carbocycles. The van der Waals surface area contributed by atoms with E-state index >= 15 is 0 Å². The second-order valence-electron chi connectivity index (χ2n) is 3.38. The topological polar surface area (TPSA) is 93.4 Å². The first-order valence-electron chi connectivity index (χ1n) is 4.41. The number of hydrogen-bond donors (Lipinski definition) is 1. The number of nitrogens with zero attached hydrogens (tertiary/aromatic N) is 1. The average Bonchev–Trinajstić information content (AvgIpc) is 2.14. The molecule has 6 nitrogen and oxygen atoms in total. The lowest BCUT2D eigenvalue weighted by Crippen LogP contribution is -2.23. The van der Waals surface area contributed by atoms with Crippen LogP contribution in [-0.2, 0) is 16.4 Å². The molecule has 0 saturated heterocycles. The summed E-state index contributed by atoms with van der Waals surface area (Å²) < 4.78 is 22.9. The number of carboxylic acid groups (broad SMARTS) is 1. The highest BCUT2D eigenvalue weighted by atomic mass is 32.2. The summed E-state index contributed by atoms with van der Waals surface area (Å²) in [6.45, 7) is -0.0429. The summed E-state index contributed by atoms with van der Waals surface area (Å²) >= 11 is 0. The zero-order valence-electron chi connectivity index (χ0n) is 8.58. The van der Waals surface area contributed by atoms with Crippen molar-refractivity contribution in [2.45, 2.75) is 6.54 Å². The van der Waals surface area contributed by atoms with Gasteiger partial charge < -0.3 is 9.67 Å². The summed E-state index contributed by atoms with van der Waals surface area (Å²) in [5.41, 5.74) is -0.471. The van der Waals surface area contributed by atoms with Gasteiger partial charge in [0, 0.05) is 25.1 Å². The molecule has 0 amide bonds. The van der Waals surface area contributed by atoms with E-state index in [1.165, 1.54) is 6.07 Å². The molecule has 0 aliphatic heterocycles. The number of rotatable bonds is 4. The Bertz CT molecular complexity index is 558. The monoisotopic (exact) mass is 245 g/mol. The van der Waals surface area contributed by atoms with E-state index < -0.39 is 21.4 Å². The number of carboxylic acids is 1. The minimum atomic E-state index is -3.18. The molecule has 0 aliphatic carbocycles. The van der Waals surface area contributed by atoms with E-state index in [9.17, 15) is 18.0 Å². The number of aromatic carboxylic acids is 1. The highest BCUT2D eigenvalue weighted by Crippen LogP contribution is 1.96. The van der Waals surface area contributed by atoms with Gasteiger partial charge in [-0.1, -0.05) is 0 Å². The van der Waals surface area contributed by atoms with Gasteiger partial charge in [0.1, 0.15) is 9.84 Å². The molecule has 7 heteroatoms. The molecule has 0 aliphatic rings. The molecular formula is C9H11NO5S. The number of sulfone groups is 1. The zero-order chi connectivity index (χ0) is 12.3. The van der Waals surface area contributed by atoms with Gasteiger partial charge in [-0.2, -0.15) is 0 Å². The molecule has 0 spiro atoms. The molecule has 0 unspecified atom stereocenters. The molecule has 0 fully saturated rings. The molecule has 1 rings (SSSR count). The first-order chi connectivity index (χ1) is 7.29. The lowest BCUT2D eigenvalue weighted by Gasteiger charge is -2.05. The van der Waals surface area contributed by atoms with Crippen molar-refractivity contribution in [3.8, 4) is 0 Å². The van der Waals surface area contributed by atoms with Crippen LogP contribution in [0.4, 0.5) is 0 Å². The molecule has 1 aromatic rings. The Balaban J connectivity index is 3.00. The van der Waals surface area contributed by atoms with E-state index in [1.807, 2.05) is 0 Å². The van der Waals surface area contributed by atoms with Crippen molar-refractivity contribution in [3.63, 3.8) is 0 Å². The van der Waals surface area contributed by atoms with Gasteiger partial charge in [0.2, 0.25) is 0 Å². The van der Waals surface area contributed by atoms with Crippen molar-refractivity contribution in [3.05, 3.63) is 34.2 Å². The molecule has 1 aromatic heterocycles. The van der Waals surface area contributed by atoms with Crippen molar-refractivity contribution in [2.75, 3.05) is 12.0 Å². The molecular weight excluding hydrogens is 234 g/mol. The minimum absolute atomic E-state index is 0.0429. The maximum atomic E-state index is 11.3. The standard InChI is InChI=1S/C9H11NO5S/c1-16(14,15)5-4-10-6-7(9(12)13)2-3-8(10)11/h2-3,6H,4-5H2,1H3,(H,12,13). The second-order valence-corrected chi connectivity index (χ2v) is 5.64. The highest BCUT2D eigenvalue weighted by molar-refractivity contribution is 7.90. The van der Waals surface area contributed by atoms with Crippen LogP contribution in [0, 0.1) is 0 Å². The predicted octanol–water partition coefficient (Wildman–Crippen LogP) is -0.409. The van der Waals surface area contributed by atoms with Crippen LogP contribution in [0.25, 0.3) is 0 Å². The van der Waals surface area contributed by atoms with Crippen LogP contribution in [-0.4, -0.2) is 36.1 Å². The maximum Gasteiger partial charge on any atom is 0.337 e. The van der Waals surface area contributed by atoms with Gasteiger partial charge in [0.25, 0.3) is 5.56 Å². The quantitative estimate of drug-likeness (QED) is 0.778. The SMILES string of the molecule is CS(=O)(=O)CCn1cc(C(=O)O)ccc1=O. The first kappa shape index (κ1) is 12.4. The fraction of sp³-hybridized carbons (Fsp3) is 0.333. The Labute approximate surface area is 92.1 Å². The van der Waals surface area contributed by atoms with Gasteiger partial charge in [-0.3, -0.25) is 4.79 Å². The van der Waals surface area contributed by atoms with Crippen molar-refractivity contribution in [1.29, 1.82) is 0 Å². The third-order valence-electron chi connectivity index (χ3n) is 1.93. The molecule has 0 atom stereocenters. The highest BCUT2D eigenvalue weighted by Gasteiger charge is 2.07. The van der Waals surface area contributed by atoms with E-state index in [0.717, 1.165) is 23.1 Å². The predicted molar refractivity (Wildman–Crippen MR) is 57.4 cm³/mol. The van der Waals surface area contributed by atoms with Gasteiger partial charge in [0.05, 0.1) is 11.3 Å². The zero-order valence-corrected chi connectivity index (χ0v) is 9.40. The number of pyridine rings is 1. The molecule has 1 N–H and O–H groups in total. The molecule has 1 heterocycles. The Kier molecular flexibility index (Phi) is 3.48. The van der Waals surface area contributed by atoms with Crippen molar-refractivity contribution in [1.82, 2.24) is 4.57 Å². The Hall–Kier alpha value is -1.63. The summed E-state index contributed by atoms with van der Waals surface area (Å²) in [5, 5.41) is 8.69. The Morgan fingerprint density at radius 3 is 2.56 bits per heavy atom. The third-order valence-corrected chi connectivity index (χ3v) is 2.86. The van der Waals surface area contributed by atoms with Gasteiger partial charge in [-0.05, 0) is 6.07 Å². The molecule has 0 bridgehead atoms. The number of aromatic nitrogens is 1. The van der Waals surface area contributed by atoms with Crippen LogP contribution in [0.1, 0.15) is 10.4 Å². The molecule has 16 heavy (non-hydrogen) atoms. The van der Waals surface area contributed by atoms with Crippen molar-refractivity contribution in [2.24, 2.45) is 0 Å². The van der Waals surface area contributed by atoms with Crippen molar-refractivity contribution < 1.29 is 18.3 Å². The number of hydrogen-bond acceptors (Lipinski definition) is 4. The van der Waals surface area contributed by atoms with Gasteiger partial charge in [-0.15, -0.1) is 0 Å². The summed E-state index contributed by atoms with van der Waals surface area (Å²) in [5.74, 6) is -1.36. The lowest BCUT2D eigenvalue weighted by atomic mass is 10.3. The molecule has 0 radical (unpaired) electrons. The number of carbonyl (C=O) groups is 1. The van der Waals surface area contributed by atoms with E-state index in [4.69, 9.17) is 5.11 Å². The Morgan fingerprint density at radius 1 is 1.44 bits per heavy atom. The van der Waals surface area contributed by atoms with Crippen LogP contribution in [0.2, 0.25) is 0 Å². The van der Waals surface area contributed by atoms with Crippen LogP contribution in [0.3, 0.4) is 0 Å². The van der Waals surface area contributed by atoms with Crippen molar-refractivity contribution >= 4 is 15.8 Å². The van der Waals surface area contributed by atoms with Gasteiger partial charge in [0.15, 0.2) is 0 Å². The van der Waals surface area contributed by atoms with Crippen LogP contribution >= 0.6 is 0 Å². The van der Waals surface area contributed by atoms with E-state index in [1.54, 1.807) is 0 Å². The largest absolute Gasteiger partial charge is 0.478 e. The fourth-order valence-electron chi connectivity index (χ4n) is 1.10. The summed E-state index contributed by atoms with van der Waals surface area (Å²) in [4.78, 5) is 21.9. The van der Waals surface area contributed by atoms with Crippen LogP contribution < -0.4 is 5.56 Å². The van der Waals surface area contributed by atoms with Crippen LogP contribution in [0.5, 0.6) is 0 Å². The lowest BCUT2D eigenvalue weighted by molar-refractivity contribution is 0.0696. The van der Waals surface area contributed by atoms with Crippen LogP contribution in [0.15, 0.2) is 23.1 Å². The van der Waals surface area contributed by atoms with E-state index in [0.29, 0.717) is 0 Å². The summed E-state index contributed by atoms with van der Waals surface area (Å²) in [7, 11) is -3.18. The van der Waals surface area contributed by atoms with Gasteiger partial charge in [-0.25, -0.2) is 13.2 Å².